The molecule has 1 amide bonds. The highest BCUT2D eigenvalue weighted by molar-refractivity contribution is 5.91. The first-order valence-electron chi connectivity index (χ1n) is 7.16. The summed E-state index contributed by atoms with van der Waals surface area (Å²) in [5, 5.41) is 11.6. The average molecular weight is 292 g/mol. The molecule has 0 aliphatic rings. The number of carboxylic acids is 1. The first kappa shape index (κ1) is 17.2. The Kier molecular flexibility index (Phi) is 6.37. The largest absolute Gasteiger partial charge is 0.481 e. The van der Waals surface area contributed by atoms with Crippen LogP contribution in [0.2, 0.25) is 0 Å². The van der Waals surface area contributed by atoms with Crippen molar-refractivity contribution < 1.29 is 14.7 Å². The van der Waals surface area contributed by atoms with E-state index in [1.54, 1.807) is 12.1 Å². The van der Waals surface area contributed by atoms with Gasteiger partial charge in [-0.15, -0.1) is 0 Å². The highest BCUT2D eigenvalue weighted by Gasteiger charge is 2.13. The van der Waals surface area contributed by atoms with Crippen molar-refractivity contribution in [2.45, 2.75) is 45.6 Å². The summed E-state index contributed by atoms with van der Waals surface area (Å²) >= 11 is 0. The molecule has 0 spiro atoms. The van der Waals surface area contributed by atoms with Gasteiger partial charge in [-0.3, -0.25) is 9.59 Å². The number of rotatable bonds is 7. The van der Waals surface area contributed by atoms with E-state index in [0.29, 0.717) is 5.69 Å². The summed E-state index contributed by atoms with van der Waals surface area (Å²) < 4.78 is 0. The molecule has 5 nitrogen and oxygen atoms in total. The van der Waals surface area contributed by atoms with Crippen LogP contribution in [0, 0.1) is 5.92 Å². The molecule has 0 radical (unpaired) electrons. The number of carbonyl (C=O) groups is 2. The predicted molar refractivity (Wildman–Crippen MR) is 83.2 cm³/mol. The number of hydrogen-bond donors (Lipinski definition) is 3. The minimum Gasteiger partial charge on any atom is -0.481 e. The van der Waals surface area contributed by atoms with Crippen LogP contribution in [0.4, 0.5) is 5.69 Å². The van der Waals surface area contributed by atoms with Gasteiger partial charge >= 0.3 is 5.97 Å². The third-order valence-electron chi connectivity index (χ3n) is 3.52. The monoisotopic (exact) mass is 292 g/mol. The molecule has 1 aromatic rings. The summed E-state index contributed by atoms with van der Waals surface area (Å²) in [5.74, 6) is -0.721. The lowest BCUT2D eigenvalue weighted by Crippen LogP contribution is -2.31. The SMILES string of the molecule is CC(CC(=O)O)c1ccc(NC(=O)CC(N)C(C)C)cc1. The van der Waals surface area contributed by atoms with E-state index >= 15 is 0 Å². The van der Waals surface area contributed by atoms with Crippen LogP contribution in [-0.2, 0) is 9.59 Å². The lowest BCUT2D eigenvalue weighted by molar-refractivity contribution is -0.137. The first-order chi connectivity index (χ1) is 9.79. The van der Waals surface area contributed by atoms with E-state index in [0.717, 1.165) is 5.56 Å². The molecule has 1 rings (SSSR count). The summed E-state index contributed by atoms with van der Waals surface area (Å²) in [4.78, 5) is 22.5. The number of carbonyl (C=O) groups excluding carboxylic acids is 1. The zero-order valence-electron chi connectivity index (χ0n) is 12.8. The number of benzene rings is 1. The molecule has 21 heavy (non-hydrogen) atoms. The number of nitrogens with two attached hydrogens (primary N) is 1. The number of carboxylic acid groups (broad SMARTS) is 1. The fourth-order valence-electron chi connectivity index (χ4n) is 1.94. The van der Waals surface area contributed by atoms with Crippen molar-refractivity contribution in [3.8, 4) is 0 Å². The van der Waals surface area contributed by atoms with Crippen LogP contribution in [0.25, 0.3) is 0 Å². The topological polar surface area (TPSA) is 92.4 Å². The average Bonchev–Trinajstić information content (AvgIpc) is 2.38. The van der Waals surface area contributed by atoms with Gasteiger partial charge in [0.25, 0.3) is 0 Å². The smallest absolute Gasteiger partial charge is 0.303 e. The van der Waals surface area contributed by atoms with Crippen molar-refractivity contribution in [1.82, 2.24) is 0 Å². The quantitative estimate of drug-likeness (QED) is 0.720. The van der Waals surface area contributed by atoms with E-state index in [9.17, 15) is 9.59 Å². The molecule has 0 aromatic heterocycles. The van der Waals surface area contributed by atoms with Crippen molar-refractivity contribution in [1.29, 1.82) is 0 Å². The number of anilines is 1. The second-order valence-electron chi connectivity index (χ2n) is 5.78. The van der Waals surface area contributed by atoms with Gasteiger partial charge in [0.15, 0.2) is 0 Å². The lowest BCUT2D eigenvalue weighted by Gasteiger charge is -2.15. The van der Waals surface area contributed by atoms with Crippen molar-refractivity contribution in [3.05, 3.63) is 29.8 Å². The van der Waals surface area contributed by atoms with Gasteiger partial charge in [0, 0.05) is 18.2 Å². The van der Waals surface area contributed by atoms with Gasteiger partial charge in [-0.1, -0.05) is 32.9 Å². The first-order valence-corrected chi connectivity index (χ1v) is 7.16. The Hall–Kier alpha value is -1.88. The normalized spacial score (nSPS) is 13.8. The molecule has 0 aliphatic heterocycles. The maximum atomic E-state index is 11.8. The molecule has 116 valence electrons. The Labute approximate surface area is 125 Å². The van der Waals surface area contributed by atoms with Gasteiger partial charge in [-0.2, -0.15) is 0 Å². The van der Waals surface area contributed by atoms with Gasteiger partial charge in [-0.25, -0.2) is 0 Å². The third-order valence-corrected chi connectivity index (χ3v) is 3.52. The molecule has 5 heteroatoms. The molecule has 0 aliphatic carbocycles. The summed E-state index contributed by atoms with van der Waals surface area (Å²) in [6.07, 6.45) is 0.379. The van der Waals surface area contributed by atoms with Crippen molar-refractivity contribution in [2.75, 3.05) is 5.32 Å². The van der Waals surface area contributed by atoms with Gasteiger partial charge < -0.3 is 16.2 Å². The fraction of sp³-hybridized carbons (Fsp3) is 0.500. The number of amides is 1. The van der Waals surface area contributed by atoms with Gasteiger partial charge in [0.2, 0.25) is 5.91 Å². The Morgan fingerprint density at radius 1 is 1.14 bits per heavy atom. The maximum Gasteiger partial charge on any atom is 0.303 e. The Morgan fingerprint density at radius 3 is 2.19 bits per heavy atom. The fourth-order valence-corrected chi connectivity index (χ4v) is 1.94. The van der Waals surface area contributed by atoms with Crippen molar-refractivity contribution in [2.24, 2.45) is 11.7 Å². The zero-order chi connectivity index (χ0) is 16.0. The van der Waals surface area contributed by atoms with Crippen LogP contribution in [0.15, 0.2) is 24.3 Å². The Bertz CT molecular complexity index is 483. The van der Waals surface area contributed by atoms with Crippen molar-refractivity contribution >= 4 is 17.6 Å². The molecule has 2 unspecified atom stereocenters. The van der Waals surface area contributed by atoms with Crippen LogP contribution < -0.4 is 11.1 Å². The van der Waals surface area contributed by atoms with Crippen molar-refractivity contribution in [3.63, 3.8) is 0 Å². The molecule has 0 bridgehead atoms. The molecule has 4 N–H and O–H groups in total. The zero-order valence-corrected chi connectivity index (χ0v) is 12.8. The maximum absolute atomic E-state index is 11.8. The van der Waals surface area contributed by atoms with Crippen LogP contribution in [0.5, 0.6) is 0 Å². The Balaban J connectivity index is 2.58. The van der Waals surface area contributed by atoms with E-state index in [2.05, 4.69) is 5.32 Å². The van der Waals surface area contributed by atoms with E-state index in [1.165, 1.54) is 0 Å². The van der Waals surface area contributed by atoms with E-state index in [-0.39, 0.29) is 36.6 Å². The number of nitrogens with one attached hydrogen (secondary N) is 1. The molecule has 1 aromatic carbocycles. The molecular formula is C16H24N2O3. The predicted octanol–water partition coefficient (Wildman–Crippen LogP) is 2.58. The molecular weight excluding hydrogens is 268 g/mol. The van der Waals surface area contributed by atoms with E-state index in [4.69, 9.17) is 10.8 Å². The minimum atomic E-state index is -0.817. The minimum absolute atomic E-state index is 0.0541. The van der Waals surface area contributed by atoms with Gasteiger partial charge in [0.05, 0.1) is 6.42 Å². The number of hydrogen-bond acceptors (Lipinski definition) is 3. The van der Waals surface area contributed by atoms with Crippen LogP contribution >= 0.6 is 0 Å². The lowest BCUT2D eigenvalue weighted by atomic mass is 9.97. The molecule has 0 saturated carbocycles. The summed E-state index contributed by atoms with van der Waals surface area (Å²) in [5.41, 5.74) is 7.50. The molecule has 0 fully saturated rings. The molecule has 0 saturated heterocycles. The Morgan fingerprint density at radius 2 is 1.71 bits per heavy atom. The van der Waals surface area contributed by atoms with Crippen LogP contribution in [-0.4, -0.2) is 23.0 Å². The highest BCUT2D eigenvalue weighted by Crippen LogP contribution is 2.21. The van der Waals surface area contributed by atoms with E-state index < -0.39 is 5.97 Å². The van der Waals surface area contributed by atoms with Gasteiger partial charge in [-0.05, 0) is 29.5 Å². The second kappa shape index (κ2) is 7.78. The number of aliphatic carboxylic acids is 1. The third kappa shape index (κ3) is 5.95. The van der Waals surface area contributed by atoms with Crippen LogP contribution in [0.3, 0.4) is 0 Å². The standard InChI is InChI=1S/C16H24N2O3/c1-10(2)14(17)9-15(19)18-13-6-4-12(5-7-13)11(3)8-16(20)21/h4-7,10-11,14H,8-9,17H2,1-3H3,(H,18,19)(H,20,21). The summed E-state index contributed by atoms with van der Waals surface area (Å²) in [6, 6.07) is 7.09. The molecule has 0 heterocycles. The summed E-state index contributed by atoms with van der Waals surface area (Å²) in [7, 11) is 0. The van der Waals surface area contributed by atoms with Crippen LogP contribution in [0.1, 0.15) is 45.1 Å². The summed E-state index contributed by atoms with van der Waals surface area (Å²) in [6.45, 7) is 5.83. The van der Waals surface area contributed by atoms with E-state index in [1.807, 2.05) is 32.9 Å². The molecule has 2 atom stereocenters. The second-order valence-corrected chi connectivity index (χ2v) is 5.78. The highest BCUT2D eigenvalue weighted by atomic mass is 16.4. The van der Waals surface area contributed by atoms with Gasteiger partial charge in [0.1, 0.15) is 0 Å².